The molecule has 1 fully saturated rings. The van der Waals surface area contributed by atoms with Gasteiger partial charge in [-0.25, -0.2) is 0 Å². The lowest BCUT2D eigenvalue weighted by Gasteiger charge is -2.26. The Labute approximate surface area is 229 Å². The molecule has 3 aromatic carbocycles. The Morgan fingerprint density at radius 1 is 0.949 bits per heavy atom. The van der Waals surface area contributed by atoms with Gasteiger partial charge in [-0.1, -0.05) is 32.0 Å². The number of anilines is 1. The van der Waals surface area contributed by atoms with Gasteiger partial charge in [0, 0.05) is 17.3 Å². The fraction of sp³-hybridized carbons (Fsp3) is 0.312. The number of Topliss-reactive ketones (excluding diaryl/α,β-unsaturated/α-hetero) is 1. The number of amides is 1. The standard InChI is InChI=1S/C32H35NO6/c1-7-38-25-10-8-9-23(18-25)33-29(21-11-14-24(15-12-21)39-20(4)5)28(31(35)32(33)36)30(34)22-13-16-27(37-6)26(17-22)19(2)3/h8-20,29,34H,7H2,1-6H3/b30-28-. The number of nitrogens with zero attached hydrogens (tertiary/aromatic N) is 1. The first-order valence-electron chi connectivity index (χ1n) is 13.1. The topological polar surface area (TPSA) is 85.3 Å². The zero-order valence-corrected chi connectivity index (χ0v) is 23.2. The molecule has 7 heteroatoms. The summed E-state index contributed by atoms with van der Waals surface area (Å²) >= 11 is 0. The summed E-state index contributed by atoms with van der Waals surface area (Å²) in [4.78, 5) is 28.5. The molecule has 0 radical (unpaired) electrons. The van der Waals surface area contributed by atoms with Crippen LogP contribution in [0.25, 0.3) is 5.76 Å². The number of aliphatic hydroxyl groups is 1. The average Bonchev–Trinajstić information content (AvgIpc) is 3.18. The van der Waals surface area contributed by atoms with Gasteiger partial charge in [0.15, 0.2) is 0 Å². The maximum atomic E-state index is 13.6. The van der Waals surface area contributed by atoms with Crippen LogP contribution in [0.5, 0.6) is 17.2 Å². The molecule has 39 heavy (non-hydrogen) atoms. The molecular weight excluding hydrogens is 494 g/mol. The quantitative estimate of drug-likeness (QED) is 0.190. The number of carbonyl (C=O) groups excluding carboxylic acids is 2. The van der Waals surface area contributed by atoms with Crippen LogP contribution in [0, 0.1) is 0 Å². The van der Waals surface area contributed by atoms with Crippen LogP contribution in [-0.4, -0.2) is 36.6 Å². The van der Waals surface area contributed by atoms with Crippen LogP contribution in [0.1, 0.15) is 63.3 Å². The molecule has 1 aliphatic rings. The molecule has 3 aromatic rings. The van der Waals surface area contributed by atoms with E-state index < -0.39 is 17.7 Å². The highest BCUT2D eigenvalue weighted by atomic mass is 16.5. The predicted molar refractivity (Wildman–Crippen MR) is 152 cm³/mol. The minimum absolute atomic E-state index is 0.00647. The van der Waals surface area contributed by atoms with Gasteiger partial charge in [0.05, 0.1) is 31.4 Å². The number of benzene rings is 3. The summed E-state index contributed by atoms with van der Waals surface area (Å²) < 4.78 is 16.9. The molecule has 1 saturated heterocycles. The number of ether oxygens (including phenoxy) is 3. The van der Waals surface area contributed by atoms with E-state index in [2.05, 4.69) is 0 Å². The lowest BCUT2D eigenvalue weighted by Crippen LogP contribution is -2.29. The zero-order chi connectivity index (χ0) is 28.3. The molecule has 0 spiro atoms. The summed E-state index contributed by atoms with van der Waals surface area (Å²) in [5.74, 6) is 0.314. The highest BCUT2D eigenvalue weighted by Gasteiger charge is 2.47. The monoisotopic (exact) mass is 529 g/mol. The minimum atomic E-state index is -0.862. The summed E-state index contributed by atoms with van der Waals surface area (Å²) in [7, 11) is 1.59. The van der Waals surface area contributed by atoms with Crippen LogP contribution in [0.15, 0.2) is 72.3 Å². The second-order valence-electron chi connectivity index (χ2n) is 9.95. The first-order valence-corrected chi connectivity index (χ1v) is 13.1. The zero-order valence-electron chi connectivity index (χ0n) is 23.2. The van der Waals surface area contributed by atoms with Gasteiger partial charge in [-0.05, 0) is 80.3 Å². The van der Waals surface area contributed by atoms with E-state index in [1.807, 2.05) is 46.8 Å². The second kappa shape index (κ2) is 11.6. The van der Waals surface area contributed by atoms with E-state index in [0.29, 0.717) is 40.7 Å². The highest BCUT2D eigenvalue weighted by molar-refractivity contribution is 6.51. The van der Waals surface area contributed by atoms with E-state index in [4.69, 9.17) is 14.2 Å². The van der Waals surface area contributed by atoms with Gasteiger partial charge in [0.1, 0.15) is 23.0 Å². The minimum Gasteiger partial charge on any atom is -0.507 e. The lowest BCUT2D eigenvalue weighted by molar-refractivity contribution is -0.132. The fourth-order valence-electron chi connectivity index (χ4n) is 4.79. The number of aliphatic hydroxyl groups excluding tert-OH is 1. The van der Waals surface area contributed by atoms with Crippen molar-refractivity contribution >= 4 is 23.1 Å². The number of ketones is 1. The molecule has 1 aliphatic heterocycles. The third-order valence-corrected chi connectivity index (χ3v) is 6.54. The van der Waals surface area contributed by atoms with Crippen molar-refractivity contribution in [1.82, 2.24) is 0 Å². The van der Waals surface area contributed by atoms with Gasteiger partial charge < -0.3 is 19.3 Å². The normalized spacial score (nSPS) is 16.7. The maximum Gasteiger partial charge on any atom is 0.300 e. The van der Waals surface area contributed by atoms with Crippen molar-refractivity contribution in [3.63, 3.8) is 0 Å². The van der Waals surface area contributed by atoms with E-state index in [-0.39, 0.29) is 23.4 Å². The van der Waals surface area contributed by atoms with Gasteiger partial charge in [0.2, 0.25) is 0 Å². The first-order chi connectivity index (χ1) is 18.7. The van der Waals surface area contributed by atoms with Crippen LogP contribution in [0.2, 0.25) is 0 Å². The van der Waals surface area contributed by atoms with Crippen molar-refractivity contribution in [2.24, 2.45) is 0 Å². The number of carbonyl (C=O) groups is 2. The van der Waals surface area contributed by atoms with E-state index in [0.717, 1.165) is 5.56 Å². The summed E-state index contributed by atoms with van der Waals surface area (Å²) in [6.45, 7) is 10.3. The maximum absolute atomic E-state index is 13.6. The number of hydrogen-bond acceptors (Lipinski definition) is 6. The number of methoxy groups -OCH3 is 1. The fourth-order valence-corrected chi connectivity index (χ4v) is 4.79. The summed E-state index contributed by atoms with van der Waals surface area (Å²) in [6, 6.07) is 18.7. The van der Waals surface area contributed by atoms with Crippen molar-refractivity contribution in [3.05, 3.63) is 89.0 Å². The van der Waals surface area contributed by atoms with Gasteiger partial charge in [-0.2, -0.15) is 0 Å². The van der Waals surface area contributed by atoms with E-state index in [1.165, 1.54) is 4.90 Å². The third-order valence-electron chi connectivity index (χ3n) is 6.54. The predicted octanol–water partition coefficient (Wildman–Crippen LogP) is 6.63. The molecule has 0 saturated carbocycles. The molecule has 7 nitrogen and oxygen atoms in total. The Hall–Kier alpha value is -4.26. The van der Waals surface area contributed by atoms with Crippen molar-refractivity contribution < 1.29 is 28.9 Å². The van der Waals surface area contributed by atoms with Crippen LogP contribution in [0.3, 0.4) is 0 Å². The first kappa shape index (κ1) is 27.8. The number of rotatable bonds is 9. The smallest absolute Gasteiger partial charge is 0.300 e. The van der Waals surface area contributed by atoms with Crippen LogP contribution >= 0.6 is 0 Å². The van der Waals surface area contributed by atoms with E-state index in [1.54, 1.807) is 61.7 Å². The van der Waals surface area contributed by atoms with Crippen molar-refractivity contribution in [2.45, 2.75) is 52.7 Å². The molecular formula is C32H35NO6. The molecule has 1 atom stereocenters. The number of hydrogen-bond donors (Lipinski definition) is 1. The van der Waals surface area contributed by atoms with Crippen LogP contribution in [0.4, 0.5) is 5.69 Å². The third kappa shape index (κ3) is 5.62. The van der Waals surface area contributed by atoms with Crippen LogP contribution < -0.4 is 19.1 Å². The molecule has 1 N–H and O–H groups in total. The van der Waals surface area contributed by atoms with Crippen LogP contribution in [-0.2, 0) is 9.59 Å². The molecule has 204 valence electrons. The summed E-state index contributed by atoms with van der Waals surface area (Å²) in [5.41, 5.74) is 2.48. The molecule has 0 aromatic heterocycles. The van der Waals surface area contributed by atoms with Gasteiger partial charge in [-0.3, -0.25) is 14.5 Å². The summed E-state index contributed by atoms with van der Waals surface area (Å²) in [6.07, 6.45) is -0.00647. The Morgan fingerprint density at radius 2 is 1.67 bits per heavy atom. The molecule has 4 rings (SSSR count). The second-order valence-corrected chi connectivity index (χ2v) is 9.95. The van der Waals surface area contributed by atoms with E-state index >= 15 is 0 Å². The van der Waals surface area contributed by atoms with Gasteiger partial charge in [0.25, 0.3) is 11.7 Å². The van der Waals surface area contributed by atoms with Gasteiger partial charge in [-0.15, -0.1) is 0 Å². The summed E-state index contributed by atoms with van der Waals surface area (Å²) in [5, 5.41) is 11.6. The molecule has 1 amide bonds. The van der Waals surface area contributed by atoms with Gasteiger partial charge >= 0.3 is 0 Å². The molecule has 1 heterocycles. The Bertz CT molecular complexity index is 1390. The Balaban J connectivity index is 1.91. The van der Waals surface area contributed by atoms with Crippen molar-refractivity contribution in [1.29, 1.82) is 0 Å². The Morgan fingerprint density at radius 3 is 2.28 bits per heavy atom. The van der Waals surface area contributed by atoms with E-state index in [9.17, 15) is 14.7 Å². The molecule has 0 bridgehead atoms. The van der Waals surface area contributed by atoms with Crippen molar-refractivity contribution in [3.8, 4) is 17.2 Å². The SMILES string of the molecule is CCOc1cccc(N2C(=O)C(=O)/C(=C(\O)c3ccc(OC)c(C(C)C)c3)C2c2ccc(OC(C)C)cc2)c1. The lowest BCUT2D eigenvalue weighted by atomic mass is 9.93. The average molecular weight is 530 g/mol. The molecule has 0 aliphatic carbocycles. The van der Waals surface area contributed by atoms with Crippen molar-refractivity contribution in [2.75, 3.05) is 18.6 Å². The molecule has 1 unspecified atom stereocenters. The highest BCUT2D eigenvalue weighted by Crippen LogP contribution is 2.43. The largest absolute Gasteiger partial charge is 0.507 e. The Kier molecular flexibility index (Phi) is 8.29.